The number of morpholine rings is 1. The normalized spacial score (nSPS) is 18.9. The highest BCUT2D eigenvalue weighted by Gasteiger charge is 2.31. The topological polar surface area (TPSA) is 50.6 Å². The van der Waals surface area contributed by atoms with Gasteiger partial charge in [-0.2, -0.15) is 5.10 Å². The first kappa shape index (κ1) is 19.2. The molecule has 1 aromatic carbocycles. The minimum atomic E-state index is -0.474. The highest BCUT2D eigenvalue weighted by atomic mass is 35.5. The van der Waals surface area contributed by atoms with Crippen LogP contribution in [0.2, 0.25) is 5.02 Å². The quantitative estimate of drug-likeness (QED) is 0.786. The van der Waals surface area contributed by atoms with Crippen LogP contribution >= 0.6 is 11.6 Å². The van der Waals surface area contributed by atoms with E-state index in [4.69, 9.17) is 16.3 Å². The number of halogens is 2. The molecule has 0 atom stereocenters. The van der Waals surface area contributed by atoms with Crippen LogP contribution < -0.4 is 4.90 Å². The van der Waals surface area contributed by atoms with Crippen LogP contribution in [0.4, 0.5) is 10.1 Å². The molecule has 0 saturated carbocycles. The molecule has 1 fully saturated rings. The van der Waals surface area contributed by atoms with Crippen LogP contribution in [0.5, 0.6) is 0 Å². The van der Waals surface area contributed by atoms with Crippen LogP contribution in [0.15, 0.2) is 24.4 Å². The number of nitrogens with zero attached hydrogens (tertiary/aromatic N) is 4. The standard InChI is InChI=1S/C20H24ClFN4O2/c1-20(2)13-25(7-8-28-20)17-11-23-26-6-5-24(12-18(17)26)19(27)10-14-3-4-16(22)15(21)9-14/h3-4,9,11H,5-8,10,12-13H2,1-2H3. The highest BCUT2D eigenvalue weighted by Crippen LogP contribution is 2.29. The number of hydrogen-bond acceptors (Lipinski definition) is 4. The van der Waals surface area contributed by atoms with E-state index in [0.717, 1.165) is 24.5 Å². The Morgan fingerprint density at radius 3 is 2.89 bits per heavy atom. The van der Waals surface area contributed by atoms with Gasteiger partial charge in [0.15, 0.2) is 0 Å². The van der Waals surface area contributed by atoms with Gasteiger partial charge in [-0.15, -0.1) is 0 Å². The van der Waals surface area contributed by atoms with E-state index in [0.29, 0.717) is 31.8 Å². The van der Waals surface area contributed by atoms with Crippen LogP contribution in [-0.2, 0) is 29.0 Å². The molecule has 3 heterocycles. The molecule has 0 N–H and O–H groups in total. The van der Waals surface area contributed by atoms with Crippen LogP contribution in [0.1, 0.15) is 25.1 Å². The second-order valence-electron chi connectivity index (χ2n) is 7.97. The predicted octanol–water partition coefficient (Wildman–Crippen LogP) is 2.88. The maximum Gasteiger partial charge on any atom is 0.227 e. The molecule has 0 spiro atoms. The van der Waals surface area contributed by atoms with Crippen LogP contribution in [0.3, 0.4) is 0 Å². The SMILES string of the molecule is CC1(C)CN(c2cnn3c2CN(C(=O)Cc2ccc(F)c(Cl)c2)CC3)CCO1. The maximum absolute atomic E-state index is 13.3. The molecular weight excluding hydrogens is 383 g/mol. The Morgan fingerprint density at radius 1 is 1.32 bits per heavy atom. The van der Waals surface area contributed by atoms with E-state index in [9.17, 15) is 9.18 Å². The summed E-state index contributed by atoms with van der Waals surface area (Å²) in [5.74, 6) is -0.471. The number of amides is 1. The summed E-state index contributed by atoms with van der Waals surface area (Å²) in [7, 11) is 0. The van der Waals surface area contributed by atoms with Crippen LogP contribution in [0.25, 0.3) is 0 Å². The van der Waals surface area contributed by atoms with Crippen molar-refractivity contribution in [1.82, 2.24) is 14.7 Å². The van der Waals surface area contributed by atoms with Crippen LogP contribution in [0, 0.1) is 5.82 Å². The second kappa shape index (κ2) is 7.37. The van der Waals surface area contributed by atoms with E-state index in [1.54, 1.807) is 6.07 Å². The summed E-state index contributed by atoms with van der Waals surface area (Å²) < 4.78 is 21.1. The molecule has 2 aliphatic heterocycles. The zero-order valence-corrected chi connectivity index (χ0v) is 16.9. The molecule has 1 aromatic heterocycles. The van der Waals surface area contributed by atoms with Crippen molar-refractivity contribution in [1.29, 1.82) is 0 Å². The number of benzene rings is 1. The van der Waals surface area contributed by atoms with E-state index in [2.05, 4.69) is 23.8 Å². The van der Waals surface area contributed by atoms with Crippen molar-refractivity contribution in [2.24, 2.45) is 0 Å². The third-order valence-electron chi connectivity index (χ3n) is 5.31. The van der Waals surface area contributed by atoms with Gasteiger partial charge in [-0.25, -0.2) is 4.39 Å². The van der Waals surface area contributed by atoms with E-state index in [1.807, 2.05) is 15.8 Å². The number of carbonyl (C=O) groups excluding carboxylic acids is 1. The van der Waals surface area contributed by atoms with Gasteiger partial charge < -0.3 is 14.5 Å². The summed E-state index contributed by atoms with van der Waals surface area (Å²) in [6, 6.07) is 4.42. The number of carbonyl (C=O) groups is 1. The summed E-state index contributed by atoms with van der Waals surface area (Å²) in [6.45, 7) is 8.22. The molecule has 6 nitrogen and oxygen atoms in total. The number of ether oxygens (including phenoxy) is 1. The molecule has 0 aliphatic carbocycles. The fraction of sp³-hybridized carbons (Fsp3) is 0.500. The van der Waals surface area contributed by atoms with E-state index < -0.39 is 5.82 Å². The minimum Gasteiger partial charge on any atom is -0.372 e. The average molecular weight is 407 g/mol. The Hall–Kier alpha value is -2.12. The average Bonchev–Trinajstić information content (AvgIpc) is 3.07. The first-order valence-corrected chi connectivity index (χ1v) is 9.85. The van der Waals surface area contributed by atoms with Gasteiger partial charge in [0.25, 0.3) is 0 Å². The molecule has 1 saturated heterocycles. The lowest BCUT2D eigenvalue weighted by Crippen LogP contribution is -2.49. The van der Waals surface area contributed by atoms with Gasteiger partial charge in [-0.3, -0.25) is 9.48 Å². The molecule has 8 heteroatoms. The first-order valence-electron chi connectivity index (χ1n) is 9.48. The third kappa shape index (κ3) is 3.86. The summed E-state index contributed by atoms with van der Waals surface area (Å²) in [5, 5.41) is 4.56. The van der Waals surface area contributed by atoms with Crippen molar-refractivity contribution >= 4 is 23.2 Å². The van der Waals surface area contributed by atoms with Crippen molar-refractivity contribution in [2.45, 2.75) is 39.0 Å². The number of rotatable bonds is 3. The molecular formula is C20H24ClFN4O2. The fourth-order valence-electron chi connectivity index (χ4n) is 3.87. The lowest BCUT2D eigenvalue weighted by molar-refractivity contribution is -0.132. The number of anilines is 1. The molecule has 28 heavy (non-hydrogen) atoms. The first-order chi connectivity index (χ1) is 13.3. The van der Waals surface area contributed by atoms with Gasteiger partial charge in [-0.1, -0.05) is 17.7 Å². The molecule has 1 amide bonds. The Labute approximate surface area is 168 Å². The Balaban J connectivity index is 1.49. The molecule has 0 bridgehead atoms. The lowest BCUT2D eigenvalue weighted by atomic mass is 10.1. The Bertz CT molecular complexity index is 898. The van der Waals surface area contributed by atoms with Gasteiger partial charge in [0, 0.05) is 19.6 Å². The molecule has 150 valence electrons. The monoisotopic (exact) mass is 406 g/mol. The molecule has 0 radical (unpaired) electrons. The van der Waals surface area contributed by atoms with E-state index in [1.165, 1.54) is 12.1 Å². The van der Waals surface area contributed by atoms with Gasteiger partial charge in [0.05, 0.1) is 54.3 Å². The van der Waals surface area contributed by atoms with Gasteiger partial charge in [0.2, 0.25) is 5.91 Å². The Kier molecular flexibility index (Phi) is 5.05. The third-order valence-corrected chi connectivity index (χ3v) is 5.60. The van der Waals surface area contributed by atoms with Crippen molar-refractivity contribution in [3.63, 3.8) is 0 Å². The second-order valence-corrected chi connectivity index (χ2v) is 8.38. The van der Waals surface area contributed by atoms with Crippen molar-refractivity contribution in [2.75, 3.05) is 31.1 Å². The number of aromatic nitrogens is 2. The lowest BCUT2D eigenvalue weighted by Gasteiger charge is -2.40. The fourth-order valence-corrected chi connectivity index (χ4v) is 4.07. The molecule has 0 unspecified atom stereocenters. The molecule has 2 aromatic rings. The van der Waals surface area contributed by atoms with Gasteiger partial charge >= 0.3 is 0 Å². The van der Waals surface area contributed by atoms with E-state index in [-0.39, 0.29) is 23.0 Å². The van der Waals surface area contributed by atoms with Crippen LogP contribution in [-0.4, -0.2) is 52.4 Å². The summed E-state index contributed by atoms with van der Waals surface area (Å²) in [4.78, 5) is 16.9. The van der Waals surface area contributed by atoms with E-state index >= 15 is 0 Å². The van der Waals surface area contributed by atoms with Gasteiger partial charge in [-0.05, 0) is 31.5 Å². The largest absolute Gasteiger partial charge is 0.372 e. The molecule has 4 rings (SSSR count). The van der Waals surface area contributed by atoms with Crippen molar-refractivity contribution < 1.29 is 13.9 Å². The zero-order chi connectivity index (χ0) is 19.9. The highest BCUT2D eigenvalue weighted by molar-refractivity contribution is 6.30. The maximum atomic E-state index is 13.3. The predicted molar refractivity (Wildman–Crippen MR) is 105 cm³/mol. The number of hydrogen-bond donors (Lipinski definition) is 0. The smallest absolute Gasteiger partial charge is 0.227 e. The minimum absolute atomic E-state index is 0.00313. The Morgan fingerprint density at radius 2 is 2.14 bits per heavy atom. The number of fused-ring (bicyclic) bond motifs is 1. The zero-order valence-electron chi connectivity index (χ0n) is 16.1. The summed E-state index contributed by atoms with van der Waals surface area (Å²) in [6.07, 6.45) is 2.10. The molecule has 2 aliphatic rings. The van der Waals surface area contributed by atoms with Crippen molar-refractivity contribution in [3.05, 3.63) is 46.5 Å². The summed E-state index contributed by atoms with van der Waals surface area (Å²) in [5.41, 5.74) is 2.62. The van der Waals surface area contributed by atoms with Gasteiger partial charge in [0.1, 0.15) is 5.82 Å². The van der Waals surface area contributed by atoms with Crippen molar-refractivity contribution in [3.8, 4) is 0 Å². The summed E-state index contributed by atoms with van der Waals surface area (Å²) >= 11 is 5.84.